The average Bonchev–Trinajstić information content (AvgIpc) is 2.57. The van der Waals surface area contributed by atoms with E-state index < -0.39 is 12.3 Å². The fourth-order valence-corrected chi connectivity index (χ4v) is 3.32. The van der Waals surface area contributed by atoms with Crippen LogP contribution in [-0.4, -0.2) is 22.5 Å². The second-order valence-corrected chi connectivity index (χ2v) is 7.71. The number of hydrogen-bond donors (Lipinski definition) is 3. The van der Waals surface area contributed by atoms with Gasteiger partial charge in [0.1, 0.15) is 0 Å². The fourth-order valence-electron chi connectivity index (χ4n) is 3.32. The Balaban J connectivity index is 3.15. The van der Waals surface area contributed by atoms with Crippen molar-refractivity contribution in [1.82, 2.24) is 0 Å². The van der Waals surface area contributed by atoms with Gasteiger partial charge in [0.05, 0.1) is 6.04 Å². The largest absolute Gasteiger partial charge is 0.367 e. The summed E-state index contributed by atoms with van der Waals surface area (Å²) in [6, 6.07) is -0.503. The van der Waals surface area contributed by atoms with Gasteiger partial charge in [-0.1, -0.05) is 110 Å². The highest BCUT2D eigenvalue weighted by Gasteiger charge is 2.18. The molecule has 0 rings (SSSR count). The molecule has 4 N–H and O–H groups in total. The van der Waals surface area contributed by atoms with Gasteiger partial charge >= 0.3 is 0 Å². The first-order valence-electron chi connectivity index (χ1n) is 10.7. The third kappa shape index (κ3) is 15.4. The molecule has 0 saturated heterocycles. The number of unbranched alkanes of at least 4 members (excludes halogenated alkanes) is 14. The SMILES string of the molecule is CCCCCCCCCCCCCCCCCC(C)C(N)C(O)O. The molecule has 0 bridgehead atoms. The second kappa shape index (κ2) is 17.7. The lowest BCUT2D eigenvalue weighted by atomic mass is 9.95. The summed E-state index contributed by atoms with van der Waals surface area (Å²) in [6.45, 7) is 4.28. The lowest BCUT2D eigenvalue weighted by Gasteiger charge is -2.21. The molecule has 146 valence electrons. The number of nitrogens with two attached hydrogens (primary N) is 1. The van der Waals surface area contributed by atoms with Crippen LogP contribution in [0.15, 0.2) is 0 Å². The molecule has 24 heavy (non-hydrogen) atoms. The van der Waals surface area contributed by atoms with Crippen LogP contribution >= 0.6 is 0 Å². The summed E-state index contributed by atoms with van der Waals surface area (Å²) in [5.74, 6) is 0.187. The molecule has 0 heterocycles. The highest BCUT2D eigenvalue weighted by atomic mass is 16.5. The fraction of sp³-hybridized carbons (Fsp3) is 1.00. The summed E-state index contributed by atoms with van der Waals surface area (Å²) < 4.78 is 0. The van der Waals surface area contributed by atoms with Gasteiger partial charge in [-0.2, -0.15) is 0 Å². The zero-order valence-corrected chi connectivity index (χ0v) is 16.5. The van der Waals surface area contributed by atoms with Gasteiger partial charge in [0.2, 0.25) is 0 Å². The van der Waals surface area contributed by atoms with Gasteiger partial charge < -0.3 is 15.9 Å². The zero-order valence-electron chi connectivity index (χ0n) is 16.5. The Labute approximate surface area is 151 Å². The quantitative estimate of drug-likeness (QED) is 0.227. The third-order valence-corrected chi connectivity index (χ3v) is 5.26. The van der Waals surface area contributed by atoms with Crippen molar-refractivity contribution in [2.24, 2.45) is 11.7 Å². The monoisotopic (exact) mass is 343 g/mol. The maximum Gasteiger partial charge on any atom is 0.167 e. The molecule has 2 unspecified atom stereocenters. The summed E-state index contributed by atoms with van der Waals surface area (Å²) in [5, 5.41) is 18.1. The normalized spacial score (nSPS) is 14.2. The topological polar surface area (TPSA) is 66.5 Å². The molecule has 0 aromatic carbocycles. The molecule has 0 aromatic rings. The lowest BCUT2D eigenvalue weighted by molar-refractivity contribution is -0.0699. The Morgan fingerprint density at radius 3 is 1.29 bits per heavy atom. The Morgan fingerprint density at radius 2 is 0.958 bits per heavy atom. The molecule has 0 aliphatic rings. The van der Waals surface area contributed by atoms with Crippen molar-refractivity contribution in [2.45, 2.75) is 129 Å². The van der Waals surface area contributed by atoms with Crippen molar-refractivity contribution in [2.75, 3.05) is 0 Å². The van der Waals surface area contributed by atoms with E-state index >= 15 is 0 Å². The molecule has 2 atom stereocenters. The number of rotatable bonds is 18. The number of hydrogen-bond acceptors (Lipinski definition) is 3. The standard InChI is InChI=1S/C21H45NO2/c1-3-4-5-6-7-8-9-10-11-12-13-14-15-16-17-18-19(2)20(22)21(23)24/h19-21,23-24H,3-18,22H2,1-2H3. The summed E-state index contributed by atoms with van der Waals surface area (Å²) >= 11 is 0. The molecule has 0 aromatic heterocycles. The van der Waals surface area contributed by atoms with Crippen LogP contribution in [-0.2, 0) is 0 Å². The first kappa shape index (κ1) is 23.9. The van der Waals surface area contributed by atoms with Gasteiger partial charge in [-0.25, -0.2) is 0 Å². The van der Waals surface area contributed by atoms with Crippen LogP contribution in [0.3, 0.4) is 0 Å². The highest BCUT2D eigenvalue weighted by Crippen LogP contribution is 2.16. The van der Waals surface area contributed by atoms with Crippen LogP contribution in [0.5, 0.6) is 0 Å². The van der Waals surface area contributed by atoms with Gasteiger partial charge in [0.15, 0.2) is 6.29 Å². The maximum absolute atomic E-state index is 9.05. The highest BCUT2D eigenvalue weighted by molar-refractivity contribution is 4.70. The molecular weight excluding hydrogens is 298 g/mol. The van der Waals surface area contributed by atoms with E-state index in [9.17, 15) is 0 Å². The molecular formula is C21H45NO2. The summed E-state index contributed by atoms with van der Waals surface area (Å²) in [5.41, 5.74) is 5.72. The first-order valence-corrected chi connectivity index (χ1v) is 10.7. The molecule has 0 aliphatic carbocycles. The van der Waals surface area contributed by atoms with Crippen molar-refractivity contribution in [3.8, 4) is 0 Å². The van der Waals surface area contributed by atoms with E-state index in [0.717, 1.165) is 12.8 Å². The minimum absolute atomic E-state index is 0.187. The molecule has 3 heteroatoms. The maximum atomic E-state index is 9.05. The molecule has 0 aliphatic heterocycles. The average molecular weight is 344 g/mol. The predicted molar refractivity (Wildman–Crippen MR) is 105 cm³/mol. The minimum atomic E-state index is -1.38. The van der Waals surface area contributed by atoms with Gasteiger partial charge in [-0.3, -0.25) is 0 Å². The van der Waals surface area contributed by atoms with Gasteiger partial charge in [-0.05, 0) is 12.3 Å². The van der Waals surface area contributed by atoms with E-state index in [1.165, 1.54) is 89.9 Å². The van der Waals surface area contributed by atoms with Gasteiger partial charge in [0.25, 0.3) is 0 Å². The lowest BCUT2D eigenvalue weighted by Crippen LogP contribution is -2.40. The molecule has 0 saturated carbocycles. The molecule has 0 radical (unpaired) electrons. The molecule has 0 spiro atoms. The van der Waals surface area contributed by atoms with E-state index in [-0.39, 0.29) is 5.92 Å². The van der Waals surface area contributed by atoms with Crippen LogP contribution in [0.1, 0.15) is 117 Å². The van der Waals surface area contributed by atoms with Crippen molar-refractivity contribution in [3.63, 3.8) is 0 Å². The van der Waals surface area contributed by atoms with E-state index in [4.69, 9.17) is 15.9 Å². The van der Waals surface area contributed by atoms with Crippen molar-refractivity contribution < 1.29 is 10.2 Å². The Morgan fingerprint density at radius 1 is 0.625 bits per heavy atom. The summed E-state index contributed by atoms with van der Waals surface area (Å²) in [6.07, 6.45) is 20.2. The van der Waals surface area contributed by atoms with Crippen LogP contribution in [0.25, 0.3) is 0 Å². The smallest absolute Gasteiger partial charge is 0.167 e. The second-order valence-electron chi connectivity index (χ2n) is 7.71. The number of aliphatic hydroxyl groups is 2. The van der Waals surface area contributed by atoms with Crippen molar-refractivity contribution in [3.05, 3.63) is 0 Å². The molecule has 0 amide bonds. The zero-order chi connectivity index (χ0) is 18.0. The summed E-state index contributed by atoms with van der Waals surface area (Å²) in [4.78, 5) is 0. The first-order chi connectivity index (χ1) is 11.6. The van der Waals surface area contributed by atoms with E-state index in [1.807, 2.05) is 6.92 Å². The number of aliphatic hydroxyl groups excluding tert-OH is 1. The van der Waals surface area contributed by atoms with Gasteiger partial charge in [0, 0.05) is 0 Å². The Kier molecular flexibility index (Phi) is 17.6. The Bertz CT molecular complexity index is 246. The van der Waals surface area contributed by atoms with Gasteiger partial charge in [-0.15, -0.1) is 0 Å². The van der Waals surface area contributed by atoms with Crippen LogP contribution in [0, 0.1) is 5.92 Å². The van der Waals surface area contributed by atoms with Crippen LogP contribution in [0.2, 0.25) is 0 Å². The predicted octanol–water partition coefficient (Wildman–Crippen LogP) is 5.52. The van der Waals surface area contributed by atoms with Crippen LogP contribution in [0.4, 0.5) is 0 Å². The molecule has 0 fully saturated rings. The van der Waals surface area contributed by atoms with Crippen molar-refractivity contribution >= 4 is 0 Å². The minimum Gasteiger partial charge on any atom is -0.367 e. The molecule has 3 nitrogen and oxygen atoms in total. The van der Waals surface area contributed by atoms with E-state index in [2.05, 4.69) is 6.92 Å². The van der Waals surface area contributed by atoms with E-state index in [0.29, 0.717) is 0 Å². The van der Waals surface area contributed by atoms with Crippen molar-refractivity contribution in [1.29, 1.82) is 0 Å². The third-order valence-electron chi connectivity index (χ3n) is 5.26. The summed E-state index contributed by atoms with van der Waals surface area (Å²) in [7, 11) is 0. The van der Waals surface area contributed by atoms with E-state index in [1.54, 1.807) is 0 Å². The Hall–Kier alpha value is -0.120. The van der Waals surface area contributed by atoms with Crippen LogP contribution < -0.4 is 5.73 Å².